The number of nitrogens with zero attached hydrogens (tertiary/aromatic N) is 2. The predicted molar refractivity (Wildman–Crippen MR) is 111 cm³/mol. The fraction of sp³-hybridized carbons (Fsp3) is 0.200. The first-order chi connectivity index (χ1) is 13.3. The summed E-state index contributed by atoms with van der Waals surface area (Å²) in [6.45, 7) is 3.95. The van der Waals surface area contributed by atoms with Gasteiger partial charge in [0.25, 0.3) is 0 Å². The van der Waals surface area contributed by atoms with E-state index in [4.69, 9.17) is 4.74 Å². The van der Waals surface area contributed by atoms with Crippen molar-refractivity contribution in [1.82, 2.24) is 9.97 Å². The molecule has 1 aromatic heterocycles. The lowest BCUT2D eigenvalue weighted by Gasteiger charge is -2.14. The average molecular weight is 398 g/mol. The van der Waals surface area contributed by atoms with Crippen LogP contribution in [0.5, 0.6) is 5.75 Å². The van der Waals surface area contributed by atoms with Gasteiger partial charge in [-0.25, -0.2) is 18.4 Å². The zero-order chi connectivity index (χ0) is 20.1. The number of rotatable bonds is 7. The molecule has 0 unspecified atom stereocenters. The fourth-order valence-corrected chi connectivity index (χ4v) is 3.16. The number of benzene rings is 2. The lowest BCUT2D eigenvalue weighted by molar-refractivity contribution is 0.243. The van der Waals surface area contributed by atoms with Crippen molar-refractivity contribution in [1.29, 1.82) is 0 Å². The largest absolute Gasteiger partial charge is 0.490 e. The smallest absolute Gasteiger partial charge is 0.229 e. The first-order valence-corrected chi connectivity index (χ1v) is 10.6. The molecular formula is C20H22N4O3S. The first-order valence-electron chi connectivity index (χ1n) is 8.74. The molecule has 0 spiro atoms. The maximum absolute atomic E-state index is 11.4. The molecule has 0 amide bonds. The van der Waals surface area contributed by atoms with Crippen molar-refractivity contribution >= 4 is 27.3 Å². The molecule has 7 nitrogen and oxygen atoms in total. The van der Waals surface area contributed by atoms with Gasteiger partial charge >= 0.3 is 0 Å². The summed E-state index contributed by atoms with van der Waals surface area (Å²) in [7, 11) is -3.35. The van der Waals surface area contributed by atoms with Crippen LogP contribution in [0.15, 0.2) is 60.8 Å². The molecule has 2 aromatic carbocycles. The van der Waals surface area contributed by atoms with Crippen molar-refractivity contribution in [2.75, 3.05) is 16.3 Å². The van der Waals surface area contributed by atoms with Gasteiger partial charge in [0, 0.05) is 17.4 Å². The van der Waals surface area contributed by atoms with Gasteiger partial charge in [0.05, 0.1) is 23.7 Å². The van der Waals surface area contributed by atoms with Gasteiger partial charge in [-0.15, -0.1) is 0 Å². The molecule has 2 N–H and O–H groups in total. The molecule has 0 saturated heterocycles. The number of aromatic nitrogens is 2. The third kappa shape index (κ3) is 5.43. The zero-order valence-corrected chi connectivity index (χ0v) is 16.7. The van der Waals surface area contributed by atoms with Crippen LogP contribution in [0.1, 0.15) is 13.8 Å². The van der Waals surface area contributed by atoms with Crippen LogP contribution < -0.4 is 14.8 Å². The van der Waals surface area contributed by atoms with E-state index >= 15 is 0 Å². The summed E-state index contributed by atoms with van der Waals surface area (Å²) in [5.74, 6) is 1.15. The highest BCUT2D eigenvalue weighted by molar-refractivity contribution is 7.92. The van der Waals surface area contributed by atoms with Gasteiger partial charge < -0.3 is 10.1 Å². The third-order valence-corrected chi connectivity index (χ3v) is 4.21. The molecule has 8 heteroatoms. The van der Waals surface area contributed by atoms with E-state index in [1.165, 1.54) is 0 Å². The Balaban J connectivity index is 1.86. The molecule has 3 aromatic rings. The SMILES string of the molecule is CC(C)Oc1ccccc1-c1ccnc(Nc2cccc(NS(C)(=O)=O)c2)n1. The predicted octanol–water partition coefficient (Wildman–Crippen LogP) is 4.05. The highest BCUT2D eigenvalue weighted by Gasteiger charge is 2.10. The molecule has 3 rings (SSSR count). The molecule has 0 aliphatic carbocycles. The Morgan fingerprint density at radius 2 is 1.75 bits per heavy atom. The minimum atomic E-state index is -3.35. The number of ether oxygens (including phenoxy) is 1. The van der Waals surface area contributed by atoms with Crippen molar-refractivity contribution in [2.45, 2.75) is 20.0 Å². The van der Waals surface area contributed by atoms with Crippen molar-refractivity contribution in [3.8, 4) is 17.0 Å². The molecule has 1 heterocycles. The summed E-state index contributed by atoms with van der Waals surface area (Å²) in [6.07, 6.45) is 2.82. The lowest BCUT2D eigenvalue weighted by Crippen LogP contribution is -2.09. The molecule has 0 aliphatic heterocycles. The van der Waals surface area contributed by atoms with Gasteiger partial charge in [-0.1, -0.05) is 18.2 Å². The Labute approximate surface area is 164 Å². The second-order valence-corrected chi connectivity index (χ2v) is 8.26. The molecular weight excluding hydrogens is 376 g/mol. The van der Waals surface area contributed by atoms with Gasteiger partial charge in [0.2, 0.25) is 16.0 Å². The quantitative estimate of drug-likeness (QED) is 0.624. The van der Waals surface area contributed by atoms with Crippen LogP contribution in [0.3, 0.4) is 0 Å². The topological polar surface area (TPSA) is 93.2 Å². The van der Waals surface area contributed by atoms with Crippen LogP contribution in [-0.2, 0) is 10.0 Å². The Hall–Kier alpha value is -3.13. The van der Waals surface area contributed by atoms with Crippen molar-refractivity contribution in [3.05, 3.63) is 60.8 Å². The fourth-order valence-electron chi connectivity index (χ4n) is 2.61. The number of hydrogen-bond donors (Lipinski definition) is 2. The minimum Gasteiger partial charge on any atom is -0.490 e. The van der Waals surface area contributed by atoms with E-state index < -0.39 is 10.0 Å². The van der Waals surface area contributed by atoms with Crippen molar-refractivity contribution in [2.24, 2.45) is 0 Å². The number of sulfonamides is 1. The molecule has 146 valence electrons. The van der Waals surface area contributed by atoms with Crippen LogP contribution in [0.4, 0.5) is 17.3 Å². The Kier molecular flexibility index (Phi) is 5.79. The first kappa shape index (κ1) is 19.6. The van der Waals surface area contributed by atoms with Gasteiger partial charge in [0.15, 0.2) is 0 Å². The van der Waals surface area contributed by atoms with E-state index in [1.807, 2.05) is 44.2 Å². The Morgan fingerprint density at radius 1 is 1.00 bits per heavy atom. The molecule has 28 heavy (non-hydrogen) atoms. The summed E-state index contributed by atoms with van der Waals surface area (Å²) in [5, 5.41) is 3.10. The summed E-state index contributed by atoms with van der Waals surface area (Å²) >= 11 is 0. The molecule has 0 radical (unpaired) electrons. The molecule has 0 saturated carbocycles. The monoisotopic (exact) mass is 398 g/mol. The second kappa shape index (κ2) is 8.26. The summed E-state index contributed by atoms with van der Waals surface area (Å²) in [6, 6.07) is 16.4. The van der Waals surface area contributed by atoms with Crippen LogP contribution in [-0.4, -0.2) is 30.7 Å². The van der Waals surface area contributed by atoms with Crippen LogP contribution in [0, 0.1) is 0 Å². The Morgan fingerprint density at radius 3 is 2.50 bits per heavy atom. The zero-order valence-electron chi connectivity index (χ0n) is 15.9. The van der Waals surface area contributed by atoms with E-state index in [0.717, 1.165) is 23.3 Å². The van der Waals surface area contributed by atoms with Gasteiger partial charge in [0.1, 0.15) is 5.75 Å². The Bertz CT molecular complexity index is 1070. The van der Waals surface area contributed by atoms with E-state index in [9.17, 15) is 8.42 Å². The molecule has 0 atom stereocenters. The summed E-state index contributed by atoms with van der Waals surface area (Å²) < 4.78 is 31.1. The third-order valence-electron chi connectivity index (χ3n) is 3.60. The lowest BCUT2D eigenvalue weighted by atomic mass is 10.1. The molecule has 0 fully saturated rings. The second-order valence-electron chi connectivity index (χ2n) is 6.51. The van der Waals surface area contributed by atoms with Crippen molar-refractivity contribution in [3.63, 3.8) is 0 Å². The van der Waals surface area contributed by atoms with Gasteiger partial charge in [-0.2, -0.15) is 0 Å². The summed E-state index contributed by atoms with van der Waals surface area (Å²) in [5.41, 5.74) is 2.71. The number of para-hydroxylation sites is 1. The normalized spacial score (nSPS) is 11.3. The maximum atomic E-state index is 11.4. The van der Waals surface area contributed by atoms with E-state index in [-0.39, 0.29) is 6.10 Å². The van der Waals surface area contributed by atoms with E-state index in [0.29, 0.717) is 17.3 Å². The molecule has 0 aliphatic rings. The number of nitrogens with one attached hydrogen (secondary N) is 2. The van der Waals surface area contributed by atoms with Gasteiger partial charge in [-0.3, -0.25) is 4.72 Å². The average Bonchev–Trinajstić information content (AvgIpc) is 2.61. The number of hydrogen-bond acceptors (Lipinski definition) is 6. The highest BCUT2D eigenvalue weighted by Crippen LogP contribution is 2.30. The minimum absolute atomic E-state index is 0.0469. The van der Waals surface area contributed by atoms with Crippen LogP contribution in [0.25, 0.3) is 11.3 Å². The maximum Gasteiger partial charge on any atom is 0.229 e. The van der Waals surface area contributed by atoms with Crippen molar-refractivity contribution < 1.29 is 13.2 Å². The van der Waals surface area contributed by atoms with E-state index in [1.54, 1.807) is 30.5 Å². The standard InChI is InChI=1S/C20H22N4O3S/c1-14(2)27-19-10-5-4-9-17(19)18-11-12-21-20(23-18)22-15-7-6-8-16(13-15)24-28(3,25)26/h4-14,24H,1-3H3,(H,21,22,23). The van der Waals surface area contributed by atoms with Gasteiger partial charge in [-0.05, 0) is 50.2 Å². The van der Waals surface area contributed by atoms with Crippen LogP contribution >= 0.6 is 0 Å². The van der Waals surface area contributed by atoms with E-state index in [2.05, 4.69) is 20.0 Å². The highest BCUT2D eigenvalue weighted by atomic mass is 32.2. The summed E-state index contributed by atoms with van der Waals surface area (Å²) in [4.78, 5) is 8.82. The number of anilines is 3. The molecule has 0 bridgehead atoms. The van der Waals surface area contributed by atoms with Crippen LogP contribution in [0.2, 0.25) is 0 Å².